The van der Waals surface area contributed by atoms with Gasteiger partial charge in [0.05, 0.1) is 23.5 Å². The highest BCUT2D eigenvalue weighted by Crippen LogP contribution is 2.40. The zero-order valence-electron chi connectivity index (χ0n) is 20.6. The van der Waals surface area contributed by atoms with E-state index >= 15 is 0 Å². The largest absolute Gasteiger partial charge is 0.491 e. The molecule has 1 aliphatic heterocycles. The minimum Gasteiger partial charge on any atom is -0.491 e. The molecule has 1 heterocycles. The monoisotopic (exact) mass is 494 g/mol. The lowest BCUT2D eigenvalue weighted by atomic mass is 9.94. The highest BCUT2D eigenvalue weighted by molar-refractivity contribution is 5.90. The van der Waals surface area contributed by atoms with Crippen LogP contribution < -0.4 is 9.64 Å². The van der Waals surface area contributed by atoms with Crippen molar-refractivity contribution in [1.82, 2.24) is 0 Å². The van der Waals surface area contributed by atoms with Gasteiger partial charge >= 0.3 is 6.18 Å². The Morgan fingerprint density at radius 1 is 0.944 bits per heavy atom. The number of aliphatic imine (C=N–C) groups is 1. The number of hydrogen-bond acceptors (Lipinski definition) is 4. The summed E-state index contributed by atoms with van der Waals surface area (Å²) in [4.78, 5) is 6.83. The molecule has 1 N–H and O–H groups in total. The Hall–Kier alpha value is -3.58. The summed E-state index contributed by atoms with van der Waals surface area (Å²) in [6, 6.07) is 19.7. The first-order valence-corrected chi connectivity index (χ1v) is 11.8. The van der Waals surface area contributed by atoms with Crippen LogP contribution in [0.2, 0.25) is 0 Å². The minimum atomic E-state index is -4.75. The molecule has 0 saturated heterocycles. The van der Waals surface area contributed by atoms with Crippen LogP contribution in [0, 0.1) is 0 Å². The Kier molecular flexibility index (Phi) is 6.96. The molecule has 36 heavy (non-hydrogen) atoms. The van der Waals surface area contributed by atoms with E-state index in [0.29, 0.717) is 0 Å². The molecule has 1 aliphatic rings. The number of nitrogens with zero attached hydrogens (tertiary/aromatic N) is 2. The number of aliphatic hydroxyl groups is 1. The van der Waals surface area contributed by atoms with E-state index in [1.165, 1.54) is 12.1 Å². The lowest BCUT2D eigenvalue weighted by Gasteiger charge is -2.33. The maximum absolute atomic E-state index is 13.1. The van der Waals surface area contributed by atoms with E-state index in [0.717, 1.165) is 40.9 Å². The molecular formula is C29H29F3N2O2. The van der Waals surface area contributed by atoms with E-state index in [2.05, 4.69) is 16.8 Å². The van der Waals surface area contributed by atoms with Crippen molar-refractivity contribution in [2.75, 3.05) is 4.90 Å². The van der Waals surface area contributed by atoms with Crippen LogP contribution in [0.4, 0.5) is 30.2 Å². The van der Waals surface area contributed by atoms with Crippen LogP contribution in [0.5, 0.6) is 5.75 Å². The molecule has 0 bridgehead atoms. The second-order valence-electron chi connectivity index (χ2n) is 9.32. The summed E-state index contributed by atoms with van der Waals surface area (Å²) in [5.41, 5.74) is 1.38. The smallest absolute Gasteiger partial charge is 0.421 e. The van der Waals surface area contributed by atoms with Crippen LogP contribution in [0.1, 0.15) is 44.4 Å². The minimum absolute atomic E-state index is 0.0724. The van der Waals surface area contributed by atoms with Gasteiger partial charge in [0.15, 0.2) is 5.60 Å². The number of rotatable bonds is 6. The molecule has 0 fully saturated rings. The van der Waals surface area contributed by atoms with E-state index in [1.807, 2.05) is 74.7 Å². The molecule has 4 nitrogen and oxygen atoms in total. The van der Waals surface area contributed by atoms with Crippen molar-refractivity contribution in [2.45, 2.75) is 51.6 Å². The SMILES string of the molecule is CC(C)Oc1ccc(N2c3ccc(/C=C\c4ccc(C(C)(O)C(F)(F)F)cc4)cc3N=CC2C)cc1. The second kappa shape index (κ2) is 9.82. The van der Waals surface area contributed by atoms with Crippen molar-refractivity contribution in [2.24, 2.45) is 4.99 Å². The van der Waals surface area contributed by atoms with Crippen LogP contribution in [0.3, 0.4) is 0 Å². The topological polar surface area (TPSA) is 45.1 Å². The fraction of sp³-hybridized carbons (Fsp3) is 0.276. The van der Waals surface area contributed by atoms with E-state index in [-0.39, 0.29) is 17.7 Å². The normalized spacial score (nSPS) is 17.4. The number of benzene rings is 3. The van der Waals surface area contributed by atoms with Gasteiger partial charge in [-0.15, -0.1) is 0 Å². The molecule has 2 atom stereocenters. The van der Waals surface area contributed by atoms with Crippen molar-refractivity contribution in [3.8, 4) is 5.75 Å². The quantitative estimate of drug-likeness (QED) is 0.358. The average Bonchev–Trinajstić information content (AvgIpc) is 2.82. The van der Waals surface area contributed by atoms with Crippen molar-refractivity contribution in [3.05, 3.63) is 83.4 Å². The molecule has 0 aliphatic carbocycles. The van der Waals surface area contributed by atoms with Crippen LogP contribution in [-0.4, -0.2) is 29.6 Å². The summed E-state index contributed by atoms with van der Waals surface area (Å²) in [5.74, 6) is 0.822. The third kappa shape index (κ3) is 5.31. The molecular weight excluding hydrogens is 465 g/mol. The van der Waals surface area contributed by atoms with E-state index < -0.39 is 11.8 Å². The maximum atomic E-state index is 13.1. The summed E-state index contributed by atoms with van der Waals surface area (Å²) < 4.78 is 45.0. The first kappa shape index (κ1) is 25.5. The van der Waals surface area contributed by atoms with E-state index in [1.54, 1.807) is 12.1 Å². The van der Waals surface area contributed by atoms with Crippen molar-refractivity contribution in [1.29, 1.82) is 0 Å². The van der Waals surface area contributed by atoms with Gasteiger partial charge in [0.2, 0.25) is 0 Å². The molecule has 0 saturated carbocycles. The second-order valence-corrected chi connectivity index (χ2v) is 9.32. The molecule has 4 rings (SSSR count). The van der Waals surface area contributed by atoms with Crippen LogP contribution >= 0.6 is 0 Å². The van der Waals surface area contributed by atoms with Crippen LogP contribution in [0.15, 0.2) is 71.7 Å². The molecule has 0 amide bonds. The summed E-state index contributed by atoms with van der Waals surface area (Å²) in [6.07, 6.45) is 0.960. The molecule has 7 heteroatoms. The van der Waals surface area contributed by atoms with Crippen molar-refractivity contribution < 1.29 is 23.0 Å². The average molecular weight is 495 g/mol. The molecule has 2 unspecified atom stereocenters. The zero-order chi connectivity index (χ0) is 26.1. The van der Waals surface area contributed by atoms with Gasteiger partial charge in [0.1, 0.15) is 5.75 Å². The number of alkyl halides is 3. The predicted octanol–water partition coefficient (Wildman–Crippen LogP) is 7.66. The Balaban J connectivity index is 1.54. The number of hydrogen-bond donors (Lipinski definition) is 1. The van der Waals surface area contributed by atoms with Crippen LogP contribution in [-0.2, 0) is 5.60 Å². The number of ether oxygens (including phenoxy) is 1. The van der Waals surface area contributed by atoms with Gasteiger partial charge in [-0.25, -0.2) is 0 Å². The fourth-order valence-electron chi connectivity index (χ4n) is 4.03. The third-order valence-electron chi connectivity index (χ3n) is 6.08. The molecule has 188 valence electrons. The summed E-state index contributed by atoms with van der Waals surface area (Å²) in [6.45, 7) is 6.82. The van der Waals surface area contributed by atoms with Gasteiger partial charge in [-0.2, -0.15) is 13.2 Å². The molecule has 0 radical (unpaired) electrons. The lowest BCUT2D eigenvalue weighted by molar-refractivity contribution is -0.258. The molecule has 0 spiro atoms. The van der Waals surface area contributed by atoms with Gasteiger partial charge in [0.25, 0.3) is 0 Å². The zero-order valence-corrected chi connectivity index (χ0v) is 20.6. The van der Waals surface area contributed by atoms with Gasteiger partial charge in [-0.1, -0.05) is 42.5 Å². The van der Waals surface area contributed by atoms with Gasteiger partial charge in [-0.3, -0.25) is 4.99 Å². The molecule has 3 aromatic carbocycles. The van der Waals surface area contributed by atoms with E-state index in [4.69, 9.17) is 4.74 Å². The predicted molar refractivity (Wildman–Crippen MR) is 139 cm³/mol. The Morgan fingerprint density at radius 3 is 2.17 bits per heavy atom. The number of anilines is 2. The summed E-state index contributed by atoms with van der Waals surface area (Å²) in [7, 11) is 0. The number of halogens is 3. The van der Waals surface area contributed by atoms with Crippen molar-refractivity contribution in [3.63, 3.8) is 0 Å². The number of fused-ring (bicyclic) bond motifs is 1. The van der Waals surface area contributed by atoms with Crippen LogP contribution in [0.25, 0.3) is 12.2 Å². The summed E-state index contributed by atoms with van der Waals surface area (Å²) >= 11 is 0. The van der Waals surface area contributed by atoms with E-state index in [9.17, 15) is 18.3 Å². The third-order valence-corrected chi connectivity index (χ3v) is 6.08. The standard InChI is InChI=1S/C29H29F3N2O2/c1-19(2)36-25-14-12-24(13-15-25)34-20(3)18-33-26-17-22(9-16-27(26)34)6-5-21-7-10-23(11-8-21)28(4,35)29(30,31)32/h5-20,35H,1-4H3/b6-5-. The van der Waals surface area contributed by atoms with Gasteiger partial charge in [-0.05, 0) is 80.8 Å². The first-order valence-electron chi connectivity index (χ1n) is 11.8. The molecule has 0 aromatic heterocycles. The van der Waals surface area contributed by atoms with Crippen molar-refractivity contribution >= 4 is 35.4 Å². The lowest BCUT2D eigenvalue weighted by Crippen LogP contribution is -2.39. The Labute approximate surface area is 209 Å². The Bertz CT molecular complexity index is 1260. The highest BCUT2D eigenvalue weighted by Gasteiger charge is 2.51. The maximum Gasteiger partial charge on any atom is 0.421 e. The Morgan fingerprint density at radius 2 is 1.56 bits per heavy atom. The summed E-state index contributed by atoms with van der Waals surface area (Å²) in [5, 5.41) is 9.84. The van der Waals surface area contributed by atoms with Gasteiger partial charge in [0, 0.05) is 11.9 Å². The van der Waals surface area contributed by atoms with Gasteiger partial charge < -0.3 is 14.7 Å². The molecule has 3 aromatic rings. The highest BCUT2D eigenvalue weighted by atomic mass is 19.4. The first-order chi connectivity index (χ1) is 17.0. The fourth-order valence-corrected chi connectivity index (χ4v) is 4.03.